The summed E-state index contributed by atoms with van der Waals surface area (Å²) in [6.07, 6.45) is 0. The minimum Gasteiger partial charge on any atom is -0.384 e. The Kier molecular flexibility index (Phi) is 1.85. The van der Waals surface area contributed by atoms with Crippen molar-refractivity contribution in [3.63, 3.8) is 0 Å². The molecular formula is C9H10N4O. The van der Waals surface area contributed by atoms with Crippen LogP contribution in [0.5, 0.6) is 0 Å². The molecule has 0 amide bonds. The Bertz CT molecular complexity index is 464. The van der Waals surface area contributed by atoms with Gasteiger partial charge in [0.15, 0.2) is 0 Å². The number of nitrogens with two attached hydrogens (primary N) is 2. The highest BCUT2D eigenvalue weighted by Crippen LogP contribution is 2.24. The molecule has 0 radical (unpaired) electrons. The number of hydrogen-bond acceptors (Lipinski definition) is 5. The van der Waals surface area contributed by atoms with Crippen LogP contribution in [0, 0.1) is 6.92 Å². The van der Waals surface area contributed by atoms with Crippen molar-refractivity contribution in [1.29, 1.82) is 0 Å². The quantitative estimate of drug-likeness (QED) is 0.705. The van der Waals surface area contributed by atoms with Gasteiger partial charge in [0, 0.05) is 11.6 Å². The van der Waals surface area contributed by atoms with E-state index in [1.165, 1.54) is 0 Å². The molecule has 0 unspecified atom stereocenters. The molecule has 2 rings (SSSR count). The zero-order valence-electron chi connectivity index (χ0n) is 7.69. The van der Waals surface area contributed by atoms with Crippen molar-refractivity contribution in [2.75, 3.05) is 11.5 Å². The summed E-state index contributed by atoms with van der Waals surface area (Å²) in [6.45, 7) is 1.82. The van der Waals surface area contributed by atoms with Gasteiger partial charge in [-0.05, 0) is 19.1 Å². The van der Waals surface area contributed by atoms with E-state index in [9.17, 15) is 0 Å². The topological polar surface area (TPSA) is 91.0 Å². The van der Waals surface area contributed by atoms with Crippen molar-refractivity contribution in [3.8, 4) is 11.3 Å². The van der Waals surface area contributed by atoms with E-state index in [-0.39, 0.29) is 0 Å². The van der Waals surface area contributed by atoms with Crippen LogP contribution in [0.3, 0.4) is 0 Å². The summed E-state index contributed by atoms with van der Waals surface area (Å²) < 4.78 is 4.94. The first kappa shape index (κ1) is 8.55. The zero-order chi connectivity index (χ0) is 10.1. The summed E-state index contributed by atoms with van der Waals surface area (Å²) in [5.74, 6) is 1.49. The average Bonchev–Trinajstić information content (AvgIpc) is 2.51. The molecule has 0 spiro atoms. The molecule has 0 aliphatic rings. The van der Waals surface area contributed by atoms with E-state index < -0.39 is 0 Å². The number of nitrogens with zero attached hydrogens (tertiary/aromatic N) is 2. The van der Waals surface area contributed by atoms with Crippen LogP contribution in [0.15, 0.2) is 22.7 Å². The number of pyridine rings is 1. The van der Waals surface area contributed by atoms with Gasteiger partial charge in [0.2, 0.25) is 0 Å². The number of rotatable bonds is 1. The lowest BCUT2D eigenvalue weighted by Gasteiger charge is -2.00. The molecule has 0 aromatic carbocycles. The van der Waals surface area contributed by atoms with Crippen molar-refractivity contribution in [1.82, 2.24) is 10.1 Å². The largest absolute Gasteiger partial charge is 0.384 e. The van der Waals surface area contributed by atoms with Gasteiger partial charge in [-0.3, -0.25) is 0 Å². The number of nitrogen functional groups attached to an aromatic ring is 2. The Hall–Kier alpha value is -2.04. The number of anilines is 2. The Labute approximate surface area is 80.7 Å². The fraction of sp³-hybridized carbons (Fsp3) is 0.111. The standard InChI is InChI=1S/C9H10N4O/c1-5-4-7(13-14-5)6-2-3-8(10)12-9(6)11/h2-4H,1H3,(H4,10,11,12). The van der Waals surface area contributed by atoms with Gasteiger partial charge in [0.25, 0.3) is 0 Å². The molecule has 14 heavy (non-hydrogen) atoms. The molecule has 0 saturated heterocycles. The van der Waals surface area contributed by atoms with Gasteiger partial charge in [-0.1, -0.05) is 5.16 Å². The third-order valence-electron chi connectivity index (χ3n) is 1.85. The lowest BCUT2D eigenvalue weighted by molar-refractivity contribution is 0.399. The second-order valence-electron chi connectivity index (χ2n) is 2.99. The van der Waals surface area contributed by atoms with Gasteiger partial charge in [0.1, 0.15) is 23.1 Å². The van der Waals surface area contributed by atoms with Gasteiger partial charge >= 0.3 is 0 Å². The molecule has 2 heterocycles. The van der Waals surface area contributed by atoms with E-state index in [2.05, 4.69) is 10.1 Å². The van der Waals surface area contributed by atoms with Crippen molar-refractivity contribution < 1.29 is 4.52 Å². The summed E-state index contributed by atoms with van der Waals surface area (Å²) in [6, 6.07) is 5.24. The fourth-order valence-corrected chi connectivity index (χ4v) is 1.20. The van der Waals surface area contributed by atoms with Gasteiger partial charge in [-0.2, -0.15) is 0 Å². The summed E-state index contributed by atoms with van der Waals surface area (Å²) in [5, 5.41) is 3.84. The Morgan fingerprint density at radius 3 is 2.64 bits per heavy atom. The highest BCUT2D eigenvalue weighted by molar-refractivity contribution is 5.71. The Morgan fingerprint density at radius 2 is 2.07 bits per heavy atom. The first-order valence-corrected chi connectivity index (χ1v) is 4.12. The molecule has 0 aliphatic carbocycles. The SMILES string of the molecule is Cc1cc(-c2ccc(N)nc2N)no1. The first-order valence-electron chi connectivity index (χ1n) is 4.12. The monoisotopic (exact) mass is 190 g/mol. The zero-order valence-corrected chi connectivity index (χ0v) is 7.69. The van der Waals surface area contributed by atoms with Gasteiger partial charge in [0.05, 0.1) is 0 Å². The molecule has 2 aromatic heterocycles. The lowest BCUT2D eigenvalue weighted by atomic mass is 10.2. The van der Waals surface area contributed by atoms with Crippen molar-refractivity contribution >= 4 is 11.6 Å². The maximum Gasteiger partial charge on any atom is 0.135 e. The third-order valence-corrected chi connectivity index (χ3v) is 1.85. The summed E-state index contributed by atoms with van der Waals surface area (Å²) in [5.41, 5.74) is 12.6. The molecule has 5 heteroatoms. The molecule has 2 aromatic rings. The van der Waals surface area contributed by atoms with E-state index in [4.69, 9.17) is 16.0 Å². The fourth-order valence-electron chi connectivity index (χ4n) is 1.20. The van der Waals surface area contributed by atoms with Crippen LogP contribution in [0.2, 0.25) is 0 Å². The minimum absolute atomic E-state index is 0.360. The Balaban J connectivity index is 2.52. The number of aromatic nitrogens is 2. The van der Waals surface area contributed by atoms with Crippen molar-refractivity contribution in [2.45, 2.75) is 6.92 Å². The van der Waals surface area contributed by atoms with E-state index in [1.807, 2.05) is 6.92 Å². The van der Waals surface area contributed by atoms with E-state index in [1.54, 1.807) is 18.2 Å². The van der Waals surface area contributed by atoms with Crippen LogP contribution in [0.4, 0.5) is 11.6 Å². The van der Waals surface area contributed by atoms with Crippen LogP contribution in [0.25, 0.3) is 11.3 Å². The number of aryl methyl sites for hydroxylation is 1. The van der Waals surface area contributed by atoms with Crippen LogP contribution in [0.1, 0.15) is 5.76 Å². The molecule has 0 atom stereocenters. The molecule has 0 aliphatic heterocycles. The Morgan fingerprint density at radius 1 is 1.29 bits per heavy atom. The lowest BCUT2D eigenvalue weighted by Crippen LogP contribution is -1.98. The first-order chi connectivity index (χ1) is 6.66. The second kappa shape index (κ2) is 3.02. The van der Waals surface area contributed by atoms with Crippen LogP contribution < -0.4 is 11.5 Å². The molecule has 0 bridgehead atoms. The summed E-state index contributed by atoms with van der Waals surface area (Å²) >= 11 is 0. The molecule has 5 nitrogen and oxygen atoms in total. The van der Waals surface area contributed by atoms with Crippen LogP contribution >= 0.6 is 0 Å². The maximum absolute atomic E-state index is 5.69. The normalized spacial score (nSPS) is 10.4. The van der Waals surface area contributed by atoms with Crippen LogP contribution in [-0.2, 0) is 0 Å². The van der Waals surface area contributed by atoms with E-state index >= 15 is 0 Å². The van der Waals surface area contributed by atoms with Gasteiger partial charge < -0.3 is 16.0 Å². The summed E-state index contributed by atoms with van der Waals surface area (Å²) in [7, 11) is 0. The van der Waals surface area contributed by atoms with E-state index in [0.717, 1.165) is 11.3 Å². The highest BCUT2D eigenvalue weighted by atomic mass is 16.5. The highest BCUT2D eigenvalue weighted by Gasteiger charge is 2.08. The maximum atomic E-state index is 5.69. The third kappa shape index (κ3) is 1.39. The number of hydrogen-bond donors (Lipinski definition) is 2. The molecule has 72 valence electrons. The van der Waals surface area contributed by atoms with Gasteiger partial charge in [-0.15, -0.1) is 0 Å². The van der Waals surface area contributed by atoms with E-state index in [0.29, 0.717) is 17.3 Å². The predicted molar refractivity (Wildman–Crippen MR) is 53.3 cm³/mol. The molecular weight excluding hydrogens is 180 g/mol. The second-order valence-corrected chi connectivity index (χ2v) is 2.99. The van der Waals surface area contributed by atoms with Crippen molar-refractivity contribution in [2.24, 2.45) is 0 Å². The van der Waals surface area contributed by atoms with Crippen molar-refractivity contribution in [3.05, 3.63) is 24.0 Å². The minimum atomic E-state index is 0.360. The molecule has 4 N–H and O–H groups in total. The molecule has 0 fully saturated rings. The summed E-state index contributed by atoms with van der Waals surface area (Å²) in [4.78, 5) is 3.93. The smallest absolute Gasteiger partial charge is 0.135 e. The van der Waals surface area contributed by atoms with Crippen LogP contribution in [-0.4, -0.2) is 10.1 Å². The average molecular weight is 190 g/mol. The predicted octanol–water partition coefficient (Wildman–Crippen LogP) is 1.21. The molecule has 0 saturated carbocycles. The van der Waals surface area contributed by atoms with Gasteiger partial charge in [-0.25, -0.2) is 4.98 Å².